The van der Waals surface area contributed by atoms with E-state index in [1.807, 2.05) is 0 Å². The molecule has 0 aromatic rings. The van der Waals surface area contributed by atoms with Gasteiger partial charge in [0.2, 0.25) is 0 Å². The molecule has 0 aliphatic heterocycles. The molecule has 4 nitrogen and oxygen atoms in total. The molecule has 0 spiro atoms. The second-order valence-corrected chi connectivity index (χ2v) is 11.3. The zero-order valence-electron chi connectivity index (χ0n) is 18.2. The van der Waals surface area contributed by atoms with Gasteiger partial charge in [0.25, 0.3) is 0 Å². The van der Waals surface area contributed by atoms with Gasteiger partial charge >= 0.3 is 11.9 Å². The van der Waals surface area contributed by atoms with Crippen molar-refractivity contribution in [3.63, 3.8) is 0 Å². The molecule has 0 N–H and O–H groups in total. The van der Waals surface area contributed by atoms with Crippen LogP contribution >= 0.6 is 0 Å². The maximum Gasteiger partial charge on any atom is 0.385 e. The minimum atomic E-state index is -0.606. The van der Waals surface area contributed by atoms with Crippen molar-refractivity contribution < 1.29 is 19.1 Å². The molecule has 4 saturated carbocycles. The Morgan fingerprint density at radius 1 is 0.714 bits per heavy atom. The quantitative estimate of drug-likeness (QED) is 0.398. The molecule has 28 heavy (non-hydrogen) atoms. The summed E-state index contributed by atoms with van der Waals surface area (Å²) in [7, 11) is 0. The van der Waals surface area contributed by atoms with E-state index in [1.165, 1.54) is 12.8 Å². The van der Waals surface area contributed by atoms with Gasteiger partial charge in [-0.3, -0.25) is 0 Å². The van der Waals surface area contributed by atoms with E-state index in [2.05, 4.69) is 53.4 Å². The molecule has 0 heterocycles. The van der Waals surface area contributed by atoms with E-state index < -0.39 is 11.9 Å². The lowest BCUT2D eigenvalue weighted by Gasteiger charge is -2.38. The molecule has 4 bridgehead atoms. The van der Waals surface area contributed by atoms with E-state index in [0.29, 0.717) is 11.8 Å². The van der Waals surface area contributed by atoms with Gasteiger partial charge in [-0.2, -0.15) is 0 Å². The fourth-order valence-corrected chi connectivity index (χ4v) is 7.04. The highest BCUT2D eigenvalue weighted by molar-refractivity contribution is 5.98. The van der Waals surface area contributed by atoms with Crippen molar-refractivity contribution in [1.82, 2.24) is 0 Å². The van der Waals surface area contributed by atoms with Crippen LogP contribution in [0.1, 0.15) is 80.1 Å². The molecule has 0 saturated heterocycles. The van der Waals surface area contributed by atoms with Gasteiger partial charge in [0.05, 0.1) is 0 Å². The molecular formula is C24H34O4. The fraction of sp³-hybridized carbons (Fsp3) is 0.833. The first-order valence-corrected chi connectivity index (χ1v) is 10.8. The van der Waals surface area contributed by atoms with Crippen LogP contribution in [-0.2, 0) is 19.1 Å². The third-order valence-corrected chi connectivity index (χ3v) is 10.2. The molecule has 0 aromatic heterocycles. The number of hydrogen-bond acceptors (Lipinski definition) is 4. The van der Waals surface area contributed by atoms with Gasteiger partial charge in [-0.25, -0.2) is 9.59 Å². The molecular weight excluding hydrogens is 352 g/mol. The summed E-state index contributed by atoms with van der Waals surface area (Å²) in [5.41, 5.74) is 0.347. The standard InChI is InChI=1S/C24H34O4/c1-21(2)15-9-11-23(21,5)17(13-15)27-19(25)7-8-20(26)28-18-14-16-10-12-24(18,6)22(16,3)4/h15-18H,9-14H2,1-6H3. The first-order chi connectivity index (χ1) is 12.9. The Labute approximate surface area is 169 Å². The highest BCUT2D eigenvalue weighted by Crippen LogP contribution is 2.67. The highest BCUT2D eigenvalue weighted by atomic mass is 16.5. The molecule has 6 atom stereocenters. The second kappa shape index (κ2) is 6.00. The van der Waals surface area contributed by atoms with Crippen LogP contribution in [0.15, 0.2) is 0 Å². The van der Waals surface area contributed by atoms with Crippen LogP contribution in [0.5, 0.6) is 0 Å². The Balaban J connectivity index is 1.35. The Morgan fingerprint density at radius 3 is 1.32 bits per heavy atom. The Kier molecular flexibility index (Phi) is 4.24. The van der Waals surface area contributed by atoms with Crippen molar-refractivity contribution in [2.45, 2.75) is 92.3 Å². The average Bonchev–Trinajstić information content (AvgIpc) is 3.12. The molecule has 6 unspecified atom stereocenters. The first-order valence-electron chi connectivity index (χ1n) is 10.8. The molecule has 4 rings (SSSR count). The number of carbonyl (C=O) groups excluding carboxylic acids is 2. The largest absolute Gasteiger partial charge is 0.452 e. The summed E-state index contributed by atoms with van der Waals surface area (Å²) in [6.45, 7) is 13.5. The molecule has 4 fully saturated rings. The minimum absolute atomic E-state index is 0.00122. The van der Waals surface area contributed by atoms with Gasteiger partial charge in [-0.1, -0.05) is 41.5 Å². The third kappa shape index (κ3) is 2.50. The fourth-order valence-electron chi connectivity index (χ4n) is 7.04. The Hall–Kier alpha value is -1.50. The van der Waals surface area contributed by atoms with Gasteiger partial charge in [-0.15, -0.1) is 0 Å². The van der Waals surface area contributed by atoms with E-state index in [-0.39, 0.29) is 33.9 Å². The van der Waals surface area contributed by atoms with Crippen molar-refractivity contribution in [2.24, 2.45) is 33.5 Å². The second-order valence-electron chi connectivity index (χ2n) is 11.3. The topological polar surface area (TPSA) is 52.6 Å². The molecule has 154 valence electrons. The predicted molar refractivity (Wildman–Crippen MR) is 106 cm³/mol. The number of rotatable bonds is 2. The number of fused-ring (bicyclic) bond motifs is 4. The van der Waals surface area contributed by atoms with Crippen molar-refractivity contribution in [2.75, 3.05) is 0 Å². The van der Waals surface area contributed by atoms with Crippen LogP contribution in [0, 0.1) is 45.3 Å². The normalized spacial score (nSPS) is 44.1. The number of carbonyl (C=O) groups is 2. The summed E-state index contributed by atoms with van der Waals surface area (Å²) in [5.74, 6) is 4.73. The van der Waals surface area contributed by atoms with Gasteiger partial charge in [-0.05, 0) is 61.2 Å². The third-order valence-electron chi connectivity index (χ3n) is 10.2. The van der Waals surface area contributed by atoms with Crippen LogP contribution in [0.3, 0.4) is 0 Å². The number of ether oxygens (including phenoxy) is 2. The van der Waals surface area contributed by atoms with Crippen LogP contribution in [-0.4, -0.2) is 24.1 Å². The molecule has 4 aliphatic carbocycles. The first kappa shape index (κ1) is 19.8. The summed E-state index contributed by atoms with van der Waals surface area (Å²) in [6, 6.07) is 0. The molecule has 4 heteroatoms. The van der Waals surface area contributed by atoms with Crippen molar-refractivity contribution in [3.8, 4) is 11.8 Å². The zero-order chi connectivity index (χ0) is 20.5. The van der Waals surface area contributed by atoms with Crippen molar-refractivity contribution in [3.05, 3.63) is 0 Å². The van der Waals surface area contributed by atoms with Gasteiger partial charge in [0, 0.05) is 22.7 Å². The summed E-state index contributed by atoms with van der Waals surface area (Å²) in [6.07, 6.45) is 6.15. The van der Waals surface area contributed by atoms with Crippen molar-refractivity contribution in [1.29, 1.82) is 0 Å². The van der Waals surface area contributed by atoms with E-state index in [1.54, 1.807) is 0 Å². The van der Waals surface area contributed by atoms with Gasteiger partial charge < -0.3 is 9.47 Å². The van der Waals surface area contributed by atoms with E-state index in [0.717, 1.165) is 25.7 Å². The van der Waals surface area contributed by atoms with Gasteiger partial charge in [0.15, 0.2) is 0 Å². The minimum Gasteiger partial charge on any atom is -0.452 e. The lowest BCUT2D eigenvalue weighted by Crippen LogP contribution is -2.38. The predicted octanol–water partition coefficient (Wildman–Crippen LogP) is 4.51. The molecule has 4 aliphatic rings. The van der Waals surface area contributed by atoms with E-state index >= 15 is 0 Å². The molecule has 0 amide bonds. The summed E-state index contributed by atoms with van der Waals surface area (Å²) < 4.78 is 11.4. The summed E-state index contributed by atoms with van der Waals surface area (Å²) in [5, 5.41) is 0. The van der Waals surface area contributed by atoms with Crippen LogP contribution in [0.2, 0.25) is 0 Å². The van der Waals surface area contributed by atoms with Crippen LogP contribution in [0.25, 0.3) is 0 Å². The maximum absolute atomic E-state index is 12.3. The van der Waals surface area contributed by atoms with E-state index in [9.17, 15) is 9.59 Å². The average molecular weight is 387 g/mol. The Morgan fingerprint density at radius 2 is 1.07 bits per heavy atom. The van der Waals surface area contributed by atoms with Crippen LogP contribution in [0.4, 0.5) is 0 Å². The smallest absolute Gasteiger partial charge is 0.385 e. The number of hydrogen-bond donors (Lipinski definition) is 0. The van der Waals surface area contributed by atoms with Gasteiger partial charge in [0.1, 0.15) is 12.2 Å². The summed E-state index contributed by atoms with van der Waals surface area (Å²) in [4.78, 5) is 24.5. The lowest BCUT2D eigenvalue weighted by atomic mass is 9.70. The SMILES string of the molecule is CC1(C)C2CCC1(C)C(OC(=O)C#CC(=O)OC1CC3CCC1(C)C3(C)C)C2. The Bertz CT molecular complexity index is 707. The van der Waals surface area contributed by atoms with Crippen molar-refractivity contribution >= 4 is 11.9 Å². The molecule has 0 radical (unpaired) electrons. The highest BCUT2D eigenvalue weighted by Gasteiger charge is 2.63. The van der Waals surface area contributed by atoms with Crippen LogP contribution < -0.4 is 0 Å². The number of esters is 2. The molecule has 0 aromatic carbocycles. The maximum atomic E-state index is 12.3. The monoisotopic (exact) mass is 386 g/mol. The zero-order valence-corrected chi connectivity index (χ0v) is 18.2. The van der Waals surface area contributed by atoms with E-state index in [4.69, 9.17) is 9.47 Å². The lowest BCUT2D eigenvalue weighted by molar-refractivity contribution is -0.151. The summed E-state index contributed by atoms with van der Waals surface area (Å²) >= 11 is 0.